The lowest BCUT2D eigenvalue weighted by Crippen LogP contribution is -2.48. The number of rotatable bonds is 3. The quantitative estimate of drug-likeness (QED) is 0.828. The molecule has 3 heteroatoms. The third-order valence-electron chi connectivity index (χ3n) is 3.51. The van der Waals surface area contributed by atoms with Crippen LogP contribution in [0.1, 0.15) is 26.3 Å². The maximum absolute atomic E-state index is 13.6. The zero-order valence-corrected chi connectivity index (χ0v) is 12.3. The molecule has 1 heterocycles. The molecule has 1 aliphatic rings. The minimum atomic E-state index is -0.0837. The summed E-state index contributed by atoms with van der Waals surface area (Å²) in [5, 5.41) is 0. The molecule has 0 aromatic heterocycles. The van der Waals surface area contributed by atoms with Crippen molar-refractivity contribution in [3.05, 3.63) is 35.6 Å². The summed E-state index contributed by atoms with van der Waals surface area (Å²) in [6.07, 6.45) is 0. The summed E-state index contributed by atoms with van der Waals surface area (Å²) in [5.74, 6) is -0.0837. The van der Waals surface area contributed by atoms with Crippen LogP contribution in [0.5, 0.6) is 0 Å². The molecule has 1 saturated heterocycles. The lowest BCUT2D eigenvalue weighted by atomic mass is 9.96. The number of benzene rings is 1. The molecule has 0 aliphatic carbocycles. The van der Waals surface area contributed by atoms with Crippen molar-refractivity contribution in [2.24, 2.45) is 5.41 Å². The lowest BCUT2D eigenvalue weighted by molar-refractivity contribution is 0.0977. The van der Waals surface area contributed by atoms with Gasteiger partial charge in [-0.1, -0.05) is 39.0 Å². The van der Waals surface area contributed by atoms with Gasteiger partial charge >= 0.3 is 0 Å². The van der Waals surface area contributed by atoms with Crippen LogP contribution < -0.4 is 0 Å². The van der Waals surface area contributed by atoms with Crippen LogP contribution in [-0.2, 0) is 6.54 Å². The summed E-state index contributed by atoms with van der Waals surface area (Å²) < 4.78 is 13.6. The molecule has 0 spiro atoms. The van der Waals surface area contributed by atoms with Gasteiger partial charge in [0.15, 0.2) is 0 Å². The third-order valence-corrected chi connectivity index (χ3v) is 3.51. The van der Waals surface area contributed by atoms with Crippen LogP contribution in [0.3, 0.4) is 0 Å². The standard InChI is InChI=1S/C16H25FN2/c1-16(2,3)13-19-10-8-18(9-11-19)12-14-6-4-5-7-15(14)17/h4-7H,8-13H2,1-3H3. The molecule has 0 saturated carbocycles. The topological polar surface area (TPSA) is 6.48 Å². The Kier molecular flexibility index (Phi) is 4.58. The first-order chi connectivity index (χ1) is 8.94. The van der Waals surface area contributed by atoms with Crippen molar-refractivity contribution in [3.8, 4) is 0 Å². The maximum Gasteiger partial charge on any atom is 0.127 e. The van der Waals surface area contributed by atoms with E-state index in [1.54, 1.807) is 12.1 Å². The van der Waals surface area contributed by atoms with Crippen LogP contribution >= 0.6 is 0 Å². The number of hydrogen-bond donors (Lipinski definition) is 0. The summed E-state index contributed by atoms with van der Waals surface area (Å²) in [7, 11) is 0. The predicted octanol–water partition coefficient (Wildman–Crippen LogP) is 2.99. The van der Waals surface area contributed by atoms with E-state index in [9.17, 15) is 4.39 Å². The fourth-order valence-electron chi connectivity index (χ4n) is 2.64. The van der Waals surface area contributed by atoms with Crippen molar-refractivity contribution in [2.75, 3.05) is 32.7 Å². The molecule has 0 atom stereocenters. The molecule has 2 rings (SSSR count). The van der Waals surface area contributed by atoms with Crippen LogP contribution in [0.25, 0.3) is 0 Å². The minimum absolute atomic E-state index is 0.0837. The first-order valence-corrected chi connectivity index (χ1v) is 7.12. The van der Waals surface area contributed by atoms with E-state index in [1.807, 2.05) is 12.1 Å². The van der Waals surface area contributed by atoms with Gasteiger partial charge in [0.25, 0.3) is 0 Å². The number of nitrogens with zero attached hydrogens (tertiary/aromatic N) is 2. The molecule has 0 unspecified atom stereocenters. The molecule has 1 aromatic carbocycles. The summed E-state index contributed by atoms with van der Waals surface area (Å²) in [6.45, 7) is 12.9. The minimum Gasteiger partial charge on any atom is -0.300 e. The Morgan fingerprint density at radius 1 is 1.00 bits per heavy atom. The van der Waals surface area contributed by atoms with Crippen molar-refractivity contribution in [1.29, 1.82) is 0 Å². The van der Waals surface area contributed by atoms with Gasteiger partial charge in [-0.15, -0.1) is 0 Å². The summed E-state index contributed by atoms with van der Waals surface area (Å²) >= 11 is 0. The molecule has 1 fully saturated rings. The van der Waals surface area contributed by atoms with Gasteiger partial charge in [-0.2, -0.15) is 0 Å². The Bertz CT molecular complexity index is 403. The van der Waals surface area contributed by atoms with E-state index in [-0.39, 0.29) is 5.82 Å². The average Bonchev–Trinajstić information content (AvgIpc) is 2.33. The van der Waals surface area contributed by atoms with E-state index in [2.05, 4.69) is 30.6 Å². The van der Waals surface area contributed by atoms with Gasteiger partial charge in [0, 0.05) is 44.8 Å². The third kappa shape index (κ3) is 4.59. The normalized spacial score (nSPS) is 18.7. The molecular weight excluding hydrogens is 239 g/mol. The summed E-state index contributed by atoms with van der Waals surface area (Å²) in [5.41, 5.74) is 1.17. The van der Waals surface area contributed by atoms with Gasteiger partial charge in [-0.05, 0) is 11.5 Å². The van der Waals surface area contributed by atoms with E-state index >= 15 is 0 Å². The van der Waals surface area contributed by atoms with Crippen LogP contribution in [0.2, 0.25) is 0 Å². The van der Waals surface area contributed by atoms with Gasteiger partial charge in [-0.3, -0.25) is 4.90 Å². The Morgan fingerprint density at radius 3 is 2.16 bits per heavy atom. The van der Waals surface area contributed by atoms with Crippen molar-refractivity contribution in [2.45, 2.75) is 27.3 Å². The smallest absolute Gasteiger partial charge is 0.127 e. The van der Waals surface area contributed by atoms with E-state index < -0.39 is 0 Å². The highest BCUT2D eigenvalue weighted by Gasteiger charge is 2.21. The van der Waals surface area contributed by atoms with Crippen molar-refractivity contribution in [1.82, 2.24) is 9.80 Å². The predicted molar refractivity (Wildman–Crippen MR) is 77.6 cm³/mol. The van der Waals surface area contributed by atoms with Crippen molar-refractivity contribution < 1.29 is 4.39 Å². The van der Waals surface area contributed by atoms with Crippen LogP contribution in [0.4, 0.5) is 4.39 Å². The van der Waals surface area contributed by atoms with Gasteiger partial charge in [0.2, 0.25) is 0 Å². The van der Waals surface area contributed by atoms with Gasteiger partial charge < -0.3 is 4.90 Å². The largest absolute Gasteiger partial charge is 0.300 e. The second kappa shape index (κ2) is 6.02. The molecule has 0 bridgehead atoms. The van der Waals surface area contributed by atoms with Crippen LogP contribution in [-0.4, -0.2) is 42.5 Å². The molecular formula is C16H25FN2. The molecule has 0 radical (unpaired) electrons. The molecule has 1 aromatic rings. The molecule has 106 valence electrons. The zero-order valence-electron chi connectivity index (χ0n) is 12.3. The lowest BCUT2D eigenvalue weighted by Gasteiger charge is -2.37. The van der Waals surface area contributed by atoms with E-state index in [4.69, 9.17) is 0 Å². The fourth-order valence-corrected chi connectivity index (χ4v) is 2.64. The summed E-state index contributed by atoms with van der Waals surface area (Å²) in [4.78, 5) is 4.86. The molecule has 19 heavy (non-hydrogen) atoms. The number of halogens is 1. The number of piperazine rings is 1. The molecule has 0 amide bonds. The highest BCUT2D eigenvalue weighted by Crippen LogP contribution is 2.17. The van der Waals surface area contributed by atoms with Gasteiger partial charge in [0.05, 0.1) is 0 Å². The number of hydrogen-bond acceptors (Lipinski definition) is 2. The highest BCUT2D eigenvalue weighted by atomic mass is 19.1. The zero-order chi connectivity index (χ0) is 13.9. The van der Waals surface area contributed by atoms with E-state index in [0.29, 0.717) is 5.41 Å². The second-order valence-electron chi connectivity index (χ2n) is 6.70. The molecule has 1 aliphatic heterocycles. The van der Waals surface area contributed by atoms with E-state index in [1.165, 1.54) is 0 Å². The van der Waals surface area contributed by atoms with Gasteiger partial charge in [0.1, 0.15) is 5.82 Å². The Morgan fingerprint density at radius 2 is 1.58 bits per heavy atom. The maximum atomic E-state index is 13.6. The Hall–Kier alpha value is -0.930. The Labute approximate surface area is 116 Å². The van der Waals surface area contributed by atoms with Crippen LogP contribution in [0.15, 0.2) is 24.3 Å². The Balaban J connectivity index is 1.82. The van der Waals surface area contributed by atoms with Gasteiger partial charge in [-0.25, -0.2) is 4.39 Å². The molecule has 0 N–H and O–H groups in total. The first-order valence-electron chi connectivity index (χ1n) is 7.12. The van der Waals surface area contributed by atoms with Crippen molar-refractivity contribution in [3.63, 3.8) is 0 Å². The van der Waals surface area contributed by atoms with E-state index in [0.717, 1.165) is 44.8 Å². The molecule has 2 nitrogen and oxygen atoms in total. The first kappa shape index (κ1) is 14.5. The fraction of sp³-hybridized carbons (Fsp3) is 0.625. The monoisotopic (exact) mass is 264 g/mol. The SMILES string of the molecule is CC(C)(C)CN1CCN(Cc2ccccc2F)CC1. The average molecular weight is 264 g/mol. The summed E-state index contributed by atoms with van der Waals surface area (Å²) in [6, 6.07) is 7.09. The van der Waals surface area contributed by atoms with Crippen LogP contribution in [0, 0.1) is 11.2 Å². The second-order valence-corrected chi connectivity index (χ2v) is 6.70. The highest BCUT2D eigenvalue weighted by molar-refractivity contribution is 5.17. The van der Waals surface area contributed by atoms with Crippen molar-refractivity contribution >= 4 is 0 Å².